The molecule has 3 nitrogen and oxygen atoms in total. The number of benzene rings is 2. The van der Waals surface area contributed by atoms with Gasteiger partial charge in [-0.25, -0.2) is 0 Å². The van der Waals surface area contributed by atoms with Crippen molar-refractivity contribution in [3.8, 4) is 0 Å². The second-order valence-electron chi connectivity index (χ2n) is 5.83. The molecular weight excluding hydrogens is 270 g/mol. The Kier molecular flexibility index (Phi) is 3.37. The number of rotatable bonds is 3. The fourth-order valence-corrected chi connectivity index (χ4v) is 3.49. The molecule has 2 N–H and O–H groups in total. The summed E-state index contributed by atoms with van der Waals surface area (Å²) in [5.41, 5.74) is 9.96. The molecule has 4 rings (SSSR count). The standard InChI is InChI=1S/C19H19N3/c20-11-19-17-9-8-14-5-1-2-7-16(14)18(17)13-22(19)12-15-6-3-4-10-21-15/h1-10,19H,11-13,20H2. The van der Waals surface area contributed by atoms with E-state index in [1.54, 1.807) is 0 Å². The smallest absolute Gasteiger partial charge is 0.0544 e. The normalized spacial score (nSPS) is 17.8. The zero-order valence-electron chi connectivity index (χ0n) is 12.4. The zero-order chi connectivity index (χ0) is 14.9. The van der Waals surface area contributed by atoms with Crippen LogP contribution in [0.25, 0.3) is 10.8 Å². The number of aromatic nitrogens is 1. The van der Waals surface area contributed by atoms with Crippen molar-refractivity contribution in [2.24, 2.45) is 5.73 Å². The van der Waals surface area contributed by atoms with Crippen LogP contribution in [0.1, 0.15) is 22.9 Å². The van der Waals surface area contributed by atoms with Crippen LogP contribution < -0.4 is 5.73 Å². The lowest BCUT2D eigenvalue weighted by Crippen LogP contribution is -2.27. The molecule has 110 valence electrons. The summed E-state index contributed by atoms with van der Waals surface area (Å²) in [7, 11) is 0. The molecule has 0 bridgehead atoms. The van der Waals surface area contributed by atoms with Gasteiger partial charge < -0.3 is 5.73 Å². The van der Waals surface area contributed by atoms with Crippen LogP contribution in [0.5, 0.6) is 0 Å². The molecule has 1 atom stereocenters. The molecule has 1 aliphatic rings. The fraction of sp³-hybridized carbons (Fsp3) is 0.211. The summed E-state index contributed by atoms with van der Waals surface area (Å²) in [6.45, 7) is 2.42. The van der Waals surface area contributed by atoms with Crippen LogP contribution in [0, 0.1) is 0 Å². The van der Waals surface area contributed by atoms with Crippen LogP contribution in [0.3, 0.4) is 0 Å². The SMILES string of the molecule is NCC1c2ccc3ccccc3c2CN1Cc1ccccn1. The highest BCUT2D eigenvalue weighted by Gasteiger charge is 2.30. The van der Waals surface area contributed by atoms with Gasteiger partial charge in [-0.2, -0.15) is 0 Å². The van der Waals surface area contributed by atoms with E-state index in [1.165, 1.54) is 21.9 Å². The van der Waals surface area contributed by atoms with Crippen LogP contribution in [-0.2, 0) is 13.1 Å². The number of nitrogens with two attached hydrogens (primary N) is 1. The highest BCUT2D eigenvalue weighted by atomic mass is 15.2. The van der Waals surface area contributed by atoms with Crippen molar-refractivity contribution in [1.29, 1.82) is 0 Å². The van der Waals surface area contributed by atoms with Gasteiger partial charge in [0.2, 0.25) is 0 Å². The molecule has 3 heteroatoms. The van der Waals surface area contributed by atoms with E-state index in [0.717, 1.165) is 18.8 Å². The van der Waals surface area contributed by atoms with Crippen LogP contribution in [0.15, 0.2) is 60.8 Å². The Morgan fingerprint density at radius 3 is 2.73 bits per heavy atom. The molecule has 0 amide bonds. The molecule has 0 spiro atoms. The van der Waals surface area contributed by atoms with Gasteiger partial charge in [0.25, 0.3) is 0 Å². The van der Waals surface area contributed by atoms with Crippen LogP contribution in [0.4, 0.5) is 0 Å². The molecule has 0 saturated carbocycles. The van der Waals surface area contributed by atoms with Crippen molar-refractivity contribution in [3.63, 3.8) is 0 Å². The molecule has 2 aromatic carbocycles. The minimum absolute atomic E-state index is 0.279. The lowest BCUT2D eigenvalue weighted by molar-refractivity contribution is 0.208. The number of hydrogen-bond acceptors (Lipinski definition) is 3. The molecule has 1 aromatic heterocycles. The van der Waals surface area contributed by atoms with E-state index in [9.17, 15) is 0 Å². The Morgan fingerprint density at radius 2 is 1.91 bits per heavy atom. The third-order valence-corrected chi connectivity index (χ3v) is 4.55. The molecule has 22 heavy (non-hydrogen) atoms. The fourth-order valence-electron chi connectivity index (χ4n) is 3.49. The predicted octanol–water partition coefficient (Wildman–Crippen LogP) is 3.25. The lowest BCUT2D eigenvalue weighted by atomic mass is 9.98. The summed E-state index contributed by atoms with van der Waals surface area (Å²) in [4.78, 5) is 6.88. The maximum absolute atomic E-state index is 6.07. The first kappa shape index (κ1) is 13.4. The van der Waals surface area contributed by atoms with E-state index < -0.39 is 0 Å². The average molecular weight is 289 g/mol. The lowest BCUT2D eigenvalue weighted by Gasteiger charge is -2.23. The predicted molar refractivity (Wildman–Crippen MR) is 89.2 cm³/mol. The van der Waals surface area contributed by atoms with Gasteiger partial charge in [-0.1, -0.05) is 42.5 Å². The number of nitrogens with zero attached hydrogens (tertiary/aromatic N) is 2. The second kappa shape index (κ2) is 5.52. The van der Waals surface area contributed by atoms with Crippen LogP contribution in [-0.4, -0.2) is 16.4 Å². The Balaban J connectivity index is 1.73. The molecule has 0 radical (unpaired) electrons. The van der Waals surface area contributed by atoms with Gasteiger partial charge in [-0.05, 0) is 34.0 Å². The van der Waals surface area contributed by atoms with Gasteiger partial charge in [0, 0.05) is 31.9 Å². The van der Waals surface area contributed by atoms with Crippen molar-refractivity contribution in [2.75, 3.05) is 6.54 Å². The maximum Gasteiger partial charge on any atom is 0.0544 e. The number of fused-ring (bicyclic) bond motifs is 3. The second-order valence-corrected chi connectivity index (χ2v) is 5.83. The topological polar surface area (TPSA) is 42.1 Å². The van der Waals surface area contributed by atoms with Gasteiger partial charge in [0.15, 0.2) is 0 Å². The van der Waals surface area contributed by atoms with Crippen molar-refractivity contribution in [3.05, 3.63) is 77.6 Å². The van der Waals surface area contributed by atoms with Crippen molar-refractivity contribution < 1.29 is 0 Å². The first-order valence-electron chi connectivity index (χ1n) is 7.71. The van der Waals surface area contributed by atoms with E-state index in [4.69, 9.17) is 5.73 Å². The monoisotopic (exact) mass is 289 g/mol. The highest BCUT2D eigenvalue weighted by molar-refractivity contribution is 5.87. The molecule has 0 fully saturated rings. The van der Waals surface area contributed by atoms with Crippen LogP contribution in [0.2, 0.25) is 0 Å². The van der Waals surface area contributed by atoms with E-state index in [2.05, 4.69) is 52.3 Å². The molecule has 2 heterocycles. The van der Waals surface area contributed by atoms with E-state index in [0.29, 0.717) is 6.54 Å². The van der Waals surface area contributed by atoms with Gasteiger partial charge in [0.1, 0.15) is 0 Å². The summed E-state index contributed by atoms with van der Waals surface area (Å²) in [5, 5.41) is 2.65. The highest BCUT2D eigenvalue weighted by Crippen LogP contribution is 2.38. The molecule has 0 aliphatic carbocycles. The Bertz CT molecular complexity index is 798. The largest absolute Gasteiger partial charge is 0.329 e. The van der Waals surface area contributed by atoms with E-state index in [1.807, 2.05) is 18.3 Å². The third kappa shape index (κ3) is 2.19. The Labute approximate surface area is 130 Å². The summed E-state index contributed by atoms with van der Waals surface area (Å²) < 4.78 is 0. The quantitative estimate of drug-likeness (QED) is 0.805. The van der Waals surface area contributed by atoms with Crippen molar-refractivity contribution >= 4 is 10.8 Å². The van der Waals surface area contributed by atoms with Gasteiger partial charge in [0.05, 0.1) is 5.69 Å². The number of pyridine rings is 1. The van der Waals surface area contributed by atoms with Gasteiger partial charge >= 0.3 is 0 Å². The summed E-state index contributed by atoms with van der Waals surface area (Å²) in [6.07, 6.45) is 1.85. The van der Waals surface area contributed by atoms with E-state index in [-0.39, 0.29) is 6.04 Å². The summed E-state index contributed by atoms with van der Waals surface area (Å²) in [5.74, 6) is 0. The molecule has 1 aliphatic heterocycles. The first-order chi connectivity index (χ1) is 10.9. The summed E-state index contributed by atoms with van der Waals surface area (Å²) >= 11 is 0. The minimum Gasteiger partial charge on any atom is -0.329 e. The summed E-state index contributed by atoms with van der Waals surface area (Å²) in [6, 6.07) is 19.4. The molecule has 3 aromatic rings. The number of hydrogen-bond donors (Lipinski definition) is 1. The maximum atomic E-state index is 6.07. The first-order valence-corrected chi connectivity index (χ1v) is 7.71. The van der Waals surface area contributed by atoms with E-state index >= 15 is 0 Å². The van der Waals surface area contributed by atoms with Gasteiger partial charge in [-0.15, -0.1) is 0 Å². The zero-order valence-corrected chi connectivity index (χ0v) is 12.4. The van der Waals surface area contributed by atoms with Crippen LogP contribution >= 0.6 is 0 Å². The molecule has 0 saturated heterocycles. The third-order valence-electron chi connectivity index (χ3n) is 4.55. The Morgan fingerprint density at radius 1 is 1.05 bits per heavy atom. The minimum atomic E-state index is 0.279. The molecule has 1 unspecified atom stereocenters. The van der Waals surface area contributed by atoms with Crippen molar-refractivity contribution in [2.45, 2.75) is 19.1 Å². The van der Waals surface area contributed by atoms with Crippen molar-refractivity contribution in [1.82, 2.24) is 9.88 Å². The average Bonchev–Trinajstić information content (AvgIpc) is 2.93. The molecular formula is C19H19N3. The Hall–Kier alpha value is -2.23. The van der Waals surface area contributed by atoms with Gasteiger partial charge in [-0.3, -0.25) is 9.88 Å².